The predicted octanol–water partition coefficient (Wildman–Crippen LogP) is 4.89. The van der Waals surface area contributed by atoms with Crippen LogP contribution >= 0.6 is 12.2 Å². The Labute approximate surface area is 138 Å². The zero-order valence-corrected chi connectivity index (χ0v) is 13.2. The summed E-state index contributed by atoms with van der Waals surface area (Å²) in [6.45, 7) is 2.68. The lowest BCUT2D eigenvalue weighted by Crippen LogP contribution is -1.94. The largest absolute Gasteiger partial charge is 0.494 e. The van der Waals surface area contributed by atoms with Crippen molar-refractivity contribution in [2.75, 3.05) is 6.61 Å². The number of nitrogens with zero attached hydrogens (tertiary/aromatic N) is 1. The van der Waals surface area contributed by atoms with Crippen molar-refractivity contribution in [1.29, 1.82) is 0 Å². The van der Waals surface area contributed by atoms with Crippen molar-refractivity contribution < 1.29 is 13.5 Å². The molecule has 0 spiro atoms. The van der Waals surface area contributed by atoms with Gasteiger partial charge in [-0.1, -0.05) is 18.8 Å². The summed E-state index contributed by atoms with van der Waals surface area (Å²) >= 11 is 4.35. The third kappa shape index (κ3) is 4.72. The Hall–Kier alpha value is -2.54. The van der Waals surface area contributed by atoms with Crippen molar-refractivity contribution in [3.63, 3.8) is 0 Å². The first-order valence-corrected chi connectivity index (χ1v) is 7.36. The highest BCUT2D eigenvalue weighted by molar-refractivity contribution is 7.78. The van der Waals surface area contributed by atoms with Gasteiger partial charge in [-0.05, 0) is 55.0 Å². The average Bonchev–Trinajstić information content (AvgIpc) is 2.55. The van der Waals surface area contributed by atoms with Crippen molar-refractivity contribution in [2.24, 2.45) is 4.99 Å². The van der Waals surface area contributed by atoms with Gasteiger partial charge in [0.25, 0.3) is 0 Å². The van der Waals surface area contributed by atoms with E-state index in [1.54, 1.807) is 24.3 Å². The van der Waals surface area contributed by atoms with Crippen molar-refractivity contribution in [1.82, 2.24) is 0 Å². The van der Waals surface area contributed by atoms with E-state index in [1.165, 1.54) is 0 Å². The quantitative estimate of drug-likeness (QED) is 0.453. The third-order valence-corrected chi connectivity index (χ3v) is 2.94. The molecule has 0 aromatic heterocycles. The lowest BCUT2D eigenvalue weighted by atomic mass is 10.1. The molecule has 0 radical (unpaired) electrons. The van der Waals surface area contributed by atoms with Crippen LogP contribution in [0.5, 0.6) is 5.75 Å². The normalized spacial score (nSPS) is 9.52. The molecule has 2 aromatic rings. The van der Waals surface area contributed by atoms with E-state index < -0.39 is 17.3 Å². The molecule has 0 bridgehead atoms. The molecule has 0 aliphatic carbocycles. The van der Waals surface area contributed by atoms with Gasteiger partial charge in [-0.2, -0.15) is 4.99 Å². The minimum Gasteiger partial charge on any atom is -0.494 e. The van der Waals surface area contributed by atoms with Gasteiger partial charge in [0.2, 0.25) is 0 Å². The minimum atomic E-state index is -0.824. The van der Waals surface area contributed by atoms with Gasteiger partial charge in [0.1, 0.15) is 11.4 Å². The van der Waals surface area contributed by atoms with Gasteiger partial charge in [0.15, 0.2) is 11.6 Å². The highest BCUT2D eigenvalue weighted by Gasteiger charge is 2.09. The molecule has 23 heavy (non-hydrogen) atoms. The van der Waals surface area contributed by atoms with Gasteiger partial charge in [-0.3, -0.25) is 0 Å². The van der Waals surface area contributed by atoms with Gasteiger partial charge in [0.05, 0.1) is 11.8 Å². The van der Waals surface area contributed by atoms with Crippen LogP contribution in [-0.2, 0) is 0 Å². The van der Waals surface area contributed by atoms with Gasteiger partial charge < -0.3 is 4.74 Å². The van der Waals surface area contributed by atoms with Gasteiger partial charge in [-0.25, -0.2) is 8.78 Å². The Morgan fingerprint density at radius 3 is 2.22 bits per heavy atom. The second-order valence-electron chi connectivity index (χ2n) is 4.61. The molecule has 0 aliphatic rings. The fourth-order valence-corrected chi connectivity index (χ4v) is 1.88. The number of rotatable bonds is 4. The number of benzene rings is 2. The Morgan fingerprint density at radius 2 is 1.65 bits per heavy atom. The lowest BCUT2D eigenvalue weighted by Gasteiger charge is -2.03. The molecule has 116 valence electrons. The van der Waals surface area contributed by atoms with E-state index in [0.29, 0.717) is 6.61 Å². The number of hydrogen-bond donors (Lipinski definition) is 0. The van der Waals surface area contributed by atoms with Crippen LogP contribution in [0.1, 0.15) is 24.5 Å². The fourth-order valence-electron chi connectivity index (χ4n) is 1.79. The van der Waals surface area contributed by atoms with E-state index in [-0.39, 0.29) is 5.56 Å². The van der Waals surface area contributed by atoms with E-state index in [4.69, 9.17) is 4.74 Å². The van der Waals surface area contributed by atoms with E-state index in [0.717, 1.165) is 29.9 Å². The highest BCUT2D eigenvalue weighted by Crippen LogP contribution is 2.23. The van der Waals surface area contributed by atoms with Crippen LogP contribution in [-0.4, -0.2) is 11.8 Å². The molecule has 0 fully saturated rings. The molecule has 0 saturated heterocycles. The molecule has 0 unspecified atom stereocenters. The average molecular weight is 329 g/mol. The Balaban J connectivity index is 2.20. The van der Waals surface area contributed by atoms with Crippen LogP contribution in [0.2, 0.25) is 0 Å². The molecule has 0 amide bonds. The van der Waals surface area contributed by atoms with Crippen LogP contribution in [0.15, 0.2) is 41.4 Å². The van der Waals surface area contributed by atoms with Crippen LogP contribution in [0, 0.1) is 23.5 Å². The number of hydrogen-bond acceptors (Lipinski definition) is 3. The molecule has 0 N–H and O–H groups in total. The SMILES string of the molecule is CCCOc1ccc(C#Cc2cc(F)c(N=C=S)c(F)c2)cc1. The fraction of sp³-hybridized carbons (Fsp3) is 0.167. The number of thiocarbonyl (C=S) groups is 1. The van der Waals surface area contributed by atoms with E-state index in [9.17, 15) is 8.78 Å². The van der Waals surface area contributed by atoms with E-state index in [2.05, 4.69) is 29.1 Å². The summed E-state index contributed by atoms with van der Waals surface area (Å²) in [6.07, 6.45) is 0.932. The summed E-state index contributed by atoms with van der Waals surface area (Å²) in [7, 11) is 0. The Bertz CT molecular complexity index is 777. The predicted molar refractivity (Wildman–Crippen MR) is 89.3 cm³/mol. The van der Waals surface area contributed by atoms with Gasteiger partial charge >= 0.3 is 0 Å². The molecule has 2 rings (SSSR count). The van der Waals surface area contributed by atoms with Crippen LogP contribution in [0.25, 0.3) is 0 Å². The summed E-state index contributed by atoms with van der Waals surface area (Å²) in [5, 5.41) is 1.94. The van der Waals surface area contributed by atoms with Crippen molar-refractivity contribution in [3.8, 4) is 17.6 Å². The lowest BCUT2D eigenvalue weighted by molar-refractivity contribution is 0.317. The zero-order chi connectivity index (χ0) is 16.7. The van der Waals surface area contributed by atoms with Gasteiger partial charge in [-0.15, -0.1) is 0 Å². The molecule has 2 aromatic carbocycles. The Kier molecular flexibility index (Phi) is 5.99. The van der Waals surface area contributed by atoms with Crippen molar-refractivity contribution in [3.05, 3.63) is 59.2 Å². The summed E-state index contributed by atoms with van der Waals surface area (Å²) < 4.78 is 32.8. The summed E-state index contributed by atoms with van der Waals surface area (Å²) in [6, 6.07) is 9.40. The topological polar surface area (TPSA) is 21.6 Å². The molecular weight excluding hydrogens is 316 g/mol. The second kappa shape index (κ2) is 8.19. The first-order chi connectivity index (χ1) is 11.1. The standard InChI is InChI=1S/C18H13F2NOS/c1-2-9-22-15-7-5-13(6-8-15)3-4-14-10-16(19)18(21-12-23)17(20)11-14/h5-8,10-11H,2,9H2,1H3. The number of isothiocyanates is 1. The van der Waals surface area contributed by atoms with Gasteiger partial charge in [0, 0.05) is 11.1 Å². The maximum atomic E-state index is 13.7. The molecule has 0 saturated carbocycles. The molecular formula is C18H13F2NOS. The highest BCUT2D eigenvalue weighted by atomic mass is 32.1. The van der Waals surface area contributed by atoms with Crippen molar-refractivity contribution >= 4 is 23.1 Å². The maximum absolute atomic E-state index is 13.7. The molecule has 2 nitrogen and oxygen atoms in total. The van der Waals surface area contributed by atoms with Crippen LogP contribution < -0.4 is 4.74 Å². The summed E-state index contributed by atoms with van der Waals surface area (Å²) in [5.41, 5.74) is 0.480. The van der Waals surface area contributed by atoms with Crippen LogP contribution in [0.4, 0.5) is 14.5 Å². The molecule has 0 aliphatic heterocycles. The minimum absolute atomic E-state index is 0.217. The first kappa shape index (κ1) is 16.8. The maximum Gasteiger partial charge on any atom is 0.153 e. The zero-order valence-electron chi connectivity index (χ0n) is 12.4. The number of halogens is 2. The molecule has 0 atom stereocenters. The van der Waals surface area contributed by atoms with Crippen LogP contribution in [0.3, 0.4) is 0 Å². The molecule has 0 heterocycles. The summed E-state index contributed by atoms with van der Waals surface area (Å²) in [4.78, 5) is 3.35. The summed E-state index contributed by atoms with van der Waals surface area (Å²) in [5.74, 6) is 4.67. The first-order valence-electron chi connectivity index (χ1n) is 6.96. The second-order valence-corrected chi connectivity index (χ2v) is 4.80. The Morgan fingerprint density at radius 1 is 1.04 bits per heavy atom. The third-order valence-electron chi connectivity index (χ3n) is 2.85. The number of aliphatic imine (C=N–C) groups is 1. The smallest absolute Gasteiger partial charge is 0.153 e. The number of ether oxygens (including phenoxy) is 1. The van der Waals surface area contributed by atoms with E-state index in [1.807, 2.05) is 12.1 Å². The van der Waals surface area contributed by atoms with Crippen molar-refractivity contribution in [2.45, 2.75) is 13.3 Å². The monoisotopic (exact) mass is 329 g/mol. The van der Waals surface area contributed by atoms with E-state index >= 15 is 0 Å². The molecule has 5 heteroatoms.